The molecule has 1 aromatic carbocycles. The third-order valence-corrected chi connectivity index (χ3v) is 3.38. The second kappa shape index (κ2) is 6.69. The van der Waals surface area contributed by atoms with Crippen LogP contribution in [0.1, 0.15) is 12.5 Å². The molecule has 0 saturated carbocycles. The van der Waals surface area contributed by atoms with Gasteiger partial charge in [0.1, 0.15) is 12.2 Å². The average molecular weight is 385 g/mol. The molecule has 1 aliphatic heterocycles. The number of hydrogen-bond acceptors (Lipinski definition) is 5. The fraction of sp³-hybridized carbons (Fsp3) is 0.214. The largest absolute Gasteiger partial charge is 0.504 e. The van der Waals surface area contributed by atoms with Crippen molar-refractivity contribution in [2.75, 3.05) is 13.2 Å². The molecule has 23 heavy (non-hydrogen) atoms. The highest BCUT2D eigenvalue weighted by Gasteiger charge is 2.35. The zero-order valence-electron chi connectivity index (χ0n) is 12.0. The number of benzene rings is 1. The molecule has 8 nitrogen and oxygen atoms in total. The van der Waals surface area contributed by atoms with Crippen molar-refractivity contribution in [3.8, 4) is 11.5 Å². The number of nitrogens with one attached hydrogen (secondary N) is 1. The van der Waals surface area contributed by atoms with Gasteiger partial charge in [0, 0.05) is 10.0 Å². The third-order valence-electron chi connectivity index (χ3n) is 2.92. The van der Waals surface area contributed by atoms with E-state index in [-0.39, 0.29) is 22.8 Å². The first-order valence-corrected chi connectivity index (χ1v) is 7.34. The number of carboxylic acid groups (broad SMARTS) is 1. The Kier molecular flexibility index (Phi) is 4.89. The second-order valence-corrected chi connectivity index (χ2v) is 5.46. The van der Waals surface area contributed by atoms with E-state index in [9.17, 15) is 19.5 Å². The zero-order valence-corrected chi connectivity index (χ0v) is 13.6. The Bertz CT molecular complexity index is 715. The molecule has 1 aromatic rings. The molecule has 0 aliphatic carbocycles. The number of amides is 3. The molecule has 0 bridgehead atoms. The van der Waals surface area contributed by atoms with Gasteiger partial charge in [0.2, 0.25) is 0 Å². The van der Waals surface area contributed by atoms with Crippen molar-refractivity contribution in [1.29, 1.82) is 0 Å². The lowest BCUT2D eigenvalue weighted by Crippen LogP contribution is -2.35. The summed E-state index contributed by atoms with van der Waals surface area (Å²) in [6.45, 7) is 1.35. The molecule has 0 aromatic heterocycles. The Morgan fingerprint density at radius 3 is 2.74 bits per heavy atom. The number of rotatable bonds is 5. The number of urea groups is 1. The number of carbonyl (C=O) groups excluding carboxylic acids is 2. The van der Waals surface area contributed by atoms with Crippen molar-refractivity contribution in [2.45, 2.75) is 6.92 Å². The molecule has 9 heteroatoms. The maximum Gasteiger partial charge on any atom is 0.329 e. The molecule has 122 valence electrons. The molecule has 0 unspecified atom stereocenters. The Labute approximate surface area is 139 Å². The molecule has 1 saturated heterocycles. The van der Waals surface area contributed by atoms with Crippen LogP contribution in [0.3, 0.4) is 0 Å². The lowest BCUT2D eigenvalue weighted by atomic mass is 10.1. The average Bonchev–Trinajstić information content (AvgIpc) is 2.71. The van der Waals surface area contributed by atoms with E-state index in [4.69, 9.17) is 9.84 Å². The van der Waals surface area contributed by atoms with Gasteiger partial charge in [0.05, 0.1) is 6.61 Å². The summed E-state index contributed by atoms with van der Waals surface area (Å²) in [5, 5.41) is 21.1. The lowest BCUT2D eigenvalue weighted by Gasteiger charge is -2.09. The molecular weight excluding hydrogens is 372 g/mol. The minimum atomic E-state index is -1.31. The van der Waals surface area contributed by atoms with Crippen LogP contribution >= 0.6 is 15.9 Å². The number of carboxylic acids is 1. The second-order valence-electron chi connectivity index (χ2n) is 4.55. The summed E-state index contributed by atoms with van der Waals surface area (Å²) < 4.78 is 5.88. The van der Waals surface area contributed by atoms with Crippen molar-refractivity contribution in [1.82, 2.24) is 10.2 Å². The van der Waals surface area contributed by atoms with Gasteiger partial charge >= 0.3 is 12.0 Å². The van der Waals surface area contributed by atoms with Gasteiger partial charge in [-0.2, -0.15) is 0 Å². The van der Waals surface area contributed by atoms with E-state index in [2.05, 4.69) is 21.2 Å². The fourth-order valence-electron chi connectivity index (χ4n) is 1.98. The molecule has 3 amide bonds. The summed E-state index contributed by atoms with van der Waals surface area (Å²) >= 11 is 3.26. The number of phenolic OH excluding ortho intramolecular Hbond substituents is 1. The van der Waals surface area contributed by atoms with E-state index in [0.29, 0.717) is 16.0 Å². The first kappa shape index (κ1) is 16.8. The molecule has 1 heterocycles. The van der Waals surface area contributed by atoms with Gasteiger partial charge in [-0.1, -0.05) is 15.9 Å². The maximum atomic E-state index is 12.0. The van der Waals surface area contributed by atoms with Crippen molar-refractivity contribution in [3.63, 3.8) is 0 Å². The standard InChI is InChI=1S/C14H13BrN2O6/c1-2-23-10-5-8(15)3-7(12(10)20)4-9-13(21)17(6-11(18)19)14(22)16-9/h3-5,20H,2,6H2,1H3,(H,16,22)(H,18,19)/b9-4+. The number of hydrogen-bond donors (Lipinski definition) is 3. The predicted molar refractivity (Wildman–Crippen MR) is 82.8 cm³/mol. The monoisotopic (exact) mass is 384 g/mol. The van der Waals surface area contributed by atoms with E-state index in [1.54, 1.807) is 13.0 Å². The van der Waals surface area contributed by atoms with E-state index in [0.717, 1.165) is 0 Å². The van der Waals surface area contributed by atoms with Crippen molar-refractivity contribution >= 4 is 39.9 Å². The molecule has 1 fully saturated rings. The van der Waals surface area contributed by atoms with Crippen LogP contribution in [0, 0.1) is 0 Å². The fourth-order valence-corrected chi connectivity index (χ4v) is 2.43. The Hall–Kier alpha value is -2.55. The van der Waals surface area contributed by atoms with E-state index < -0.39 is 24.5 Å². The highest BCUT2D eigenvalue weighted by Crippen LogP contribution is 2.35. The first-order valence-electron chi connectivity index (χ1n) is 6.55. The molecule has 1 aliphatic rings. The van der Waals surface area contributed by atoms with Gasteiger partial charge < -0.3 is 20.3 Å². The van der Waals surface area contributed by atoms with E-state index in [1.807, 2.05) is 0 Å². The van der Waals surface area contributed by atoms with Crippen LogP contribution in [0.2, 0.25) is 0 Å². The van der Waals surface area contributed by atoms with Gasteiger partial charge in [-0.05, 0) is 25.1 Å². The Morgan fingerprint density at radius 1 is 1.43 bits per heavy atom. The minimum absolute atomic E-state index is 0.132. The SMILES string of the molecule is CCOc1cc(Br)cc(/C=C2/NC(=O)N(CC(=O)O)C2=O)c1O. The molecular formula is C14H13BrN2O6. The maximum absolute atomic E-state index is 12.0. The summed E-state index contributed by atoms with van der Waals surface area (Å²) in [4.78, 5) is 34.9. The number of nitrogens with zero attached hydrogens (tertiary/aromatic N) is 1. The van der Waals surface area contributed by atoms with Gasteiger partial charge in [0.15, 0.2) is 11.5 Å². The van der Waals surface area contributed by atoms with Crippen LogP contribution < -0.4 is 10.1 Å². The van der Waals surface area contributed by atoms with Crippen LogP contribution in [-0.2, 0) is 9.59 Å². The predicted octanol–water partition coefficient (Wildman–Crippen LogP) is 1.53. The normalized spacial score (nSPS) is 15.9. The number of aliphatic carboxylic acids is 1. The van der Waals surface area contributed by atoms with Crippen LogP contribution in [0.5, 0.6) is 11.5 Å². The van der Waals surface area contributed by atoms with Crippen molar-refractivity contribution in [3.05, 3.63) is 27.9 Å². The summed E-state index contributed by atoms with van der Waals surface area (Å²) in [5.74, 6) is -2.07. The number of phenols is 1. The first-order chi connectivity index (χ1) is 10.8. The summed E-state index contributed by atoms with van der Waals surface area (Å²) in [6.07, 6.45) is 1.25. The molecule has 0 atom stereocenters. The van der Waals surface area contributed by atoms with Gasteiger partial charge in [-0.25, -0.2) is 9.69 Å². The van der Waals surface area contributed by atoms with Crippen LogP contribution in [0.25, 0.3) is 6.08 Å². The van der Waals surface area contributed by atoms with Crippen molar-refractivity contribution in [2.24, 2.45) is 0 Å². The third kappa shape index (κ3) is 3.62. The number of ether oxygens (including phenoxy) is 1. The van der Waals surface area contributed by atoms with Gasteiger partial charge in [-0.3, -0.25) is 9.59 Å². The zero-order chi connectivity index (χ0) is 17.1. The Morgan fingerprint density at radius 2 is 2.13 bits per heavy atom. The highest BCUT2D eigenvalue weighted by atomic mass is 79.9. The Balaban J connectivity index is 2.37. The molecule has 0 spiro atoms. The topological polar surface area (TPSA) is 116 Å². The summed E-state index contributed by atoms with van der Waals surface area (Å²) in [6, 6.07) is 2.26. The minimum Gasteiger partial charge on any atom is -0.504 e. The summed E-state index contributed by atoms with van der Waals surface area (Å²) in [7, 11) is 0. The molecule has 3 N–H and O–H groups in total. The van der Waals surface area contributed by atoms with Crippen LogP contribution in [-0.4, -0.2) is 46.2 Å². The van der Waals surface area contributed by atoms with Gasteiger partial charge in [-0.15, -0.1) is 0 Å². The van der Waals surface area contributed by atoms with E-state index >= 15 is 0 Å². The van der Waals surface area contributed by atoms with Crippen LogP contribution in [0.15, 0.2) is 22.3 Å². The van der Waals surface area contributed by atoms with Crippen LogP contribution in [0.4, 0.5) is 4.79 Å². The number of aromatic hydroxyl groups is 1. The smallest absolute Gasteiger partial charge is 0.329 e. The van der Waals surface area contributed by atoms with Gasteiger partial charge in [0.25, 0.3) is 5.91 Å². The van der Waals surface area contributed by atoms with E-state index in [1.165, 1.54) is 12.1 Å². The molecule has 2 rings (SSSR count). The number of halogens is 1. The summed E-state index contributed by atoms with van der Waals surface area (Å²) in [5.41, 5.74) is 0.107. The highest BCUT2D eigenvalue weighted by molar-refractivity contribution is 9.10. The number of carbonyl (C=O) groups is 3. The lowest BCUT2D eigenvalue weighted by molar-refractivity contribution is -0.140. The molecule has 0 radical (unpaired) electrons. The number of imide groups is 1. The van der Waals surface area contributed by atoms with Crippen molar-refractivity contribution < 1.29 is 29.3 Å². The quantitative estimate of drug-likeness (QED) is 0.523.